The molecule has 0 bridgehead atoms. The molecule has 4 aromatic rings. The minimum absolute atomic E-state index is 0.437. The Labute approximate surface area is 426 Å². The van der Waals surface area contributed by atoms with Crippen molar-refractivity contribution in [2.75, 3.05) is 0 Å². The van der Waals surface area contributed by atoms with E-state index in [9.17, 15) is 110 Å². The summed E-state index contributed by atoms with van der Waals surface area (Å²) in [7, 11) is 0.437. The Hall–Kier alpha value is -4.72. The van der Waals surface area contributed by atoms with Gasteiger partial charge in [-0.3, -0.25) is 4.79 Å². The second-order valence-corrected chi connectivity index (χ2v) is 22.1. The maximum atomic E-state index is 14.2. The molecule has 3 aliphatic carbocycles. The first-order valence-electron chi connectivity index (χ1n) is 23.7. The summed E-state index contributed by atoms with van der Waals surface area (Å²) in [5, 5.41) is 2.31. The molecule has 3 aliphatic rings. The molecule has 0 aliphatic heterocycles. The van der Waals surface area contributed by atoms with Crippen molar-refractivity contribution >= 4 is 44.7 Å². The summed E-state index contributed by atoms with van der Waals surface area (Å²) in [6.45, 7) is 0. The molecule has 1 unspecified atom stereocenters. The van der Waals surface area contributed by atoms with Gasteiger partial charge in [-0.25, -0.2) is 0 Å². The topological polar surface area (TPSA) is 17.1 Å². The standard InChI is InChI=1S/C32H12BF24.C18H31OS/c34-25(35,36)13-1-14(26(37,38)39)6-21(5-13)33(22-7-15(27(40,41)42)2-16(8-22)28(43,44)45,23-9-17(29(46,47)48)3-18(10-23)30(49,50)51)24-11-19(31(52,53)54)4-20(12-24)32(55,56)57;19-17-13-7-8-14-18(17)20(15-9-3-1-4-10-15)16-11-5-2-6-12-16/h1-12H;15-16,18H,1-14H2/q-1;+1. The highest BCUT2D eigenvalue weighted by atomic mass is 32.2. The molecule has 0 N–H and O–H groups in total. The van der Waals surface area contributed by atoms with E-state index in [2.05, 4.69) is 0 Å². The fraction of sp³-hybridized carbons (Fsp3) is 0.500. The Bertz CT molecular complexity index is 2260. The number of halogens is 24. The van der Waals surface area contributed by atoms with E-state index in [1.165, 1.54) is 83.5 Å². The minimum atomic E-state index is -6.13. The summed E-state index contributed by atoms with van der Waals surface area (Å²) in [4.78, 5) is 12.5. The first kappa shape index (κ1) is 61.5. The molecule has 4 aromatic carbocycles. The van der Waals surface area contributed by atoms with Crippen molar-refractivity contribution in [1.82, 2.24) is 0 Å². The van der Waals surface area contributed by atoms with Gasteiger partial charge in [0.2, 0.25) is 0 Å². The van der Waals surface area contributed by atoms with Crippen molar-refractivity contribution in [2.45, 2.75) is 155 Å². The monoisotopic (exact) mass is 1160 g/mol. The van der Waals surface area contributed by atoms with Crippen LogP contribution in [0, 0.1) is 0 Å². The molecule has 426 valence electrons. The van der Waals surface area contributed by atoms with Crippen molar-refractivity contribution in [3.8, 4) is 0 Å². The Morgan fingerprint density at radius 1 is 0.299 bits per heavy atom. The van der Waals surface area contributed by atoms with Crippen LogP contribution in [-0.4, -0.2) is 27.7 Å². The summed E-state index contributed by atoms with van der Waals surface area (Å²) in [6.07, 6.45) is -35.8. The summed E-state index contributed by atoms with van der Waals surface area (Å²) in [6, 6.07) is -8.81. The fourth-order valence-corrected chi connectivity index (χ4v) is 14.8. The lowest BCUT2D eigenvalue weighted by atomic mass is 9.12. The predicted molar refractivity (Wildman–Crippen MR) is 238 cm³/mol. The normalized spacial score (nSPS) is 18.6. The van der Waals surface area contributed by atoms with Gasteiger partial charge in [0.1, 0.15) is 16.6 Å². The molecular weight excluding hydrogens is 1120 g/mol. The van der Waals surface area contributed by atoms with E-state index < -0.39 is 195 Å². The molecule has 77 heavy (non-hydrogen) atoms. The SMILES string of the molecule is FC(F)(F)c1cc([B-](c2cc(C(F)(F)F)cc(C(F)(F)F)c2)(c2cc(C(F)(F)F)cc(C(F)(F)F)c2)c2cc(C(F)(F)F)cc(C(F)(F)F)c2)cc(C(F)(F)F)c1.O=C1CCCCC1[S+](C1CCCCC1)C1CCCCC1. The van der Waals surface area contributed by atoms with Crippen LogP contribution in [0.3, 0.4) is 0 Å². The van der Waals surface area contributed by atoms with Gasteiger partial charge in [-0.05, 0) is 88.5 Å². The largest absolute Gasteiger partial charge is 0.416 e. The van der Waals surface area contributed by atoms with Gasteiger partial charge in [-0.15, -0.1) is 0 Å². The van der Waals surface area contributed by atoms with Crippen molar-refractivity contribution < 1.29 is 110 Å². The van der Waals surface area contributed by atoms with Crippen molar-refractivity contribution in [1.29, 1.82) is 0 Å². The summed E-state index contributed by atoms with van der Waals surface area (Å²) in [5.74, 6) is 0.649. The van der Waals surface area contributed by atoms with Crippen molar-refractivity contribution in [2.24, 2.45) is 0 Å². The van der Waals surface area contributed by atoms with Crippen molar-refractivity contribution in [3.05, 3.63) is 117 Å². The Balaban J connectivity index is 0.000000397. The molecule has 27 heteroatoms. The lowest BCUT2D eigenvalue weighted by Gasteiger charge is -2.46. The average molecular weight is 1160 g/mol. The number of carbonyl (C=O) groups excluding carboxylic acids is 1. The molecule has 1 nitrogen and oxygen atoms in total. The Kier molecular flexibility index (Phi) is 17.6. The summed E-state index contributed by atoms with van der Waals surface area (Å²) in [5.41, 5.74) is -30.2. The predicted octanol–water partition coefficient (Wildman–Crippen LogP) is 16.0. The fourth-order valence-electron chi connectivity index (χ4n) is 10.7. The highest BCUT2D eigenvalue weighted by Crippen LogP contribution is 2.43. The number of Topliss-reactive ketones (excluding diaryl/α,β-unsaturated/α-hetero) is 1. The van der Waals surface area contributed by atoms with E-state index in [4.69, 9.17) is 0 Å². The van der Waals surface area contributed by atoms with Crippen LogP contribution in [-0.2, 0) is 65.1 Å². The van der Waals surface area contributed by atoms with E-state index in [1.807, 2.05) is 0 Å². The highest BCUT2D eigenvalue weighted by Gasteiger charge is 2.50. The van der Waals surface area contributed by atoms with Crippen LogP contribution in [0.25, 0.3) is 0 Å². The van der Waals surface area contributed by atoms with E-state index in [-0.39, 0.29) is 0 Å². The van der Waals surface area contributed by atoms with E-state index in [0.29, 0.717) is 21.9 Å². The molecule has 3 saturated carbocycles. The number of hydrogen-bond acceptors (Lipinski definition) is 1. The molecule has 1 atom stereocenters. The van der Waals surface area contributed by atoms with Crippen LogP contribution >= 0.6 is 0 Å². The second kappa shape index (κ2) is 22.1. The average Bonchev–Trinajstić information content (AvgIpc) is 3.31. The molecule has 0 amide bonds. The van der Waals surface area contributed by atoms with Crippen LogP contribution in [0.15, 0.2) is 72.8 Å². The zero-order valence-electron chi connectivity index (χ0n) is 39.5. The van der Waals surface area contributed by atoms with Crippen LogP contribution in [0.1, 0.15) is 134 Å². The molecule has 0 aromatic heterocycles. The molecule has 3 fully saturated rings. The Morgan fingerprint density at radius 2 is 0.506 bits per heavy atom. The number of ketones is 1. The third-order valence-electron chi connectivity index (χ3n) is 14.1. The molecule has 0 spiro atoms. The van der Waals surface area contributed by atoms with Gasteiger partial charge in [0.15, 0.2) is 11.0 Å². The zero-order chi connectivity index (χ0) is 57.7. The number of alkyl halides is 24. The molecule has 0 radical (unpaired) electrons. The smallest absolute Gasteiger partial charge is 0.294 e. The van der Waals surface area contributed by atoms with E-state index >= 15 is 0 Å². The van der Waals surface area contributed by atoms with Gasteiger partial charge in [0, 0.05) is 23.7 Å². The third-order valence-corrected chi connectivity index (χ3v) is 17.8. The highest BCUT2D eigenvalue weighted by molar-refractivity contribution is 7.99. The van der Waals surface area contributed by atoms with Crippen LogP contribution in [0.2, 0.25) is 0 Å². The third kappa shape index (κ3) is 14.4. The van der Waals surface area contributed by atoms with Gasteiger partial charge in [0.05, 0.1) is 44.5 Å². The van der Waals surface area contributed by atoms with Crippen molar-refractivity contribution in [3.63, 3.8) is 0 Å². The quantitative estimate of drug-likeness (QED) is 0.102. The number of rotatable bonds is 7. The molecule has 0 saturated heterocycles. The van der Waals surface area contributed by atoms with Gasteiger partial charge in [-0.2, -0.15) is 127 Å². The number of carbonyl (C=O) groups is 1. The lowest BCUT2D eigenvalue weighted by Crippen LogP contribution is -2.75. The van der Waals surface area contributed by atoms with E-state index in [1.54, 1.807) is 0 Å². The van der Waals surface area contributed by atoms with Gasteiger partial charge in [0.25, 0.3) is 0 Å². The summed E-state index contributed by atoms with van der Waals surface area (Å²) < 4.78 is 341. The van der Waals surface area contributed by atoms with Gasteiger partial charge < -0.3 is 0 Å². The maximum absolute atomic E-state index is 14.2. The van der Waals surface area contributed by atoms with Crippen LogP contribution in [0.4, 0.5) is 105 Å². The van der Waals surface area contributed by atoms with Crippen LogP contribution < -0.4 is 21.9 Å². The zero-order valence-corrected chi connectivity index (χ0v) is 40.3. The Morgan fingerprint density at radius 3 is 0.701 bits per heavy atom. The first-order valence-corrected chi connectivity index (χ1v) is 25.1. The first-order chi connectivity index (χ1) is 35.1. The van der Waals surface area contributed by atoms with Gasteiger partial charge in [-0.1, -0.05) is 61.4 Å². The molecule has 0 heterocycles. The number of hydrogen-bond donors (Lipinski definition) is 0. The van der Waals surface area contributed by atoms with Crippen LogP contribution in [0.5, 0.6) is 0 Å². The maximum Gasteiger partial charge on any atom is 0.416 e. The second-order valence-electron chi connectivity index (χ2n) is 19.4. The lowest BCUT2D eigenvalue weighted by molar-refractivity contribution is -0.144. The minimum Gasteiger partial charge on any atom is -0.294 e. The van der Waals surface area contributed by atoms with Gasteiger partial charge >= 0.3 is 49.4 Å². The summed E-state index contributed by atoms with van der Waals surface area (Å²) >= 11 is 0. The van der Waals surface area contributed by atoms with E-state index in [0.717, 1.165) is 16.9 Å². The number of benzene rings is 4. The molecule has 7 rings (SSSR count). The molecular formula is C50H43BF24OS.